The van der Waals surface area contributed by atoms with Crippen molar-refractivity contribution in [2.24, 2.45) is 14.1 Å². The van der Waals surface area contributed by atoms with Crippen molar-refractivity contribution in [1.29, 1.82) is 0 Å². The molecular formula is C16H14ClF3N8O3. The van der Waals surface area contributed by atoms with Crippen molar-refractivity contribution < 1.29 is 27.5 Å². The summed E-state index contributed by atoms with van der Waals surface area (Å²) in [7, 11) is 3.04. The fourth-order valence-corrected chi connectivity index (χ4v) is 2.70. The van der Waals surface area contributed by atoms with Crippen molar-refractivity contribution in [3.05, 3.63) is 40.2 Å². The molecular weight excluding hydrogens is 445 g/mol. The number of halogens is 4. The van der Waals surface area contributed by atoms with Gasteiger partial charge in [-0.3, -0.25) is 19.6 Å². The number of nitrogens with one attached hydrogen (secondary N) is 2. The van der Waals surface area contributed by atoms with Crippen LogP contribution < -0.4 is 15.4 Å². The molecule has 0 unspecified atom stereocenters. The maximum Gasteiger partial charge on any atom is 0.573 e. The molecule has 2 amide bonds. The van der Waals surface area contributed by atoms with Gasteiger partial charge in [-0.25, -0.2) is 4.68 Å². The van der Waals surface area contributed by atoms with Crippen molar-refractivity contribution in [1.82, 2.24) is 30.0 Å². The van der Waals surface area contributed by atoms with E-state index in [0.717, 1.165) is 16.8 Å². The third kappa shape index (κ3) is 4.91. The normalized spacial score (nSPS) is 11.3. The first kappa shape index (κ1) is 22.0. The molecule has 0 radical (unpaired) electrons. The zero-order valence-corrected chi connectivity index (χ0v) is 16.9. The summed E-state index contributed by atoms with van der Waals surface area (Å²) >= 11 is 6.18. The van der Waals surface area contributed by atoms with Crippen molar-refractivity contribution in [2.45, 2.75) is 13.3 Å². The lowest BCUT2D eigenvalue weighted by molar-refractivity contribution is -0.274. The van der Waals surface area contributed by atoms with Crippen LogP contribution >= 0.6 is 11.6 Å². The first-order valence-corrected chi connectivity index (χ1v) is 8.78. The van der Waals surface area contributed by atoms with Crippen molar-refractivity contribution in [3.63, 3.8) is 0 Å². The molecule has 31 heavy (non-hydrogen) atoms. The van der Waals surface area contributed by atoms with Gasteiger partial charge in [0.1, 0.15) is 5.69 Å². The van der Waals surface area contributed by atoms with Gasteiger partial charge < -0.3 is 10.1 Å². The number of alkyl halides is 3. The highest BCUT2D eigenvalue weighted by molar-refractivity contribution is 6.38. The van der Waals surface area contributed by atoms with Crippen LogP contribution in [-0.4, -0.2) is 48.2 Å². The highest BCUT2D eigenvalue weighted by Gasteiger charge is 2.34. The summed E-state index contributed by atoms with van der Waals surface area (Å²) in [6.45, 7) is 1.68. The number of hydrogen-bond donors (Lipinski definition) is 2. The second kappa shape index (κ2) is 8.22. The molecule has 0 saturated carbocycles. The quantitative estimate of drug-likeness (QED) is 0.600. The predicted octanol–water partition coefficient (Wildman–Crippen LogP) is 2.31. The molecule has 164 valence electrons. The molecule has 11 nitrogen and oxygen atoms in total. The van der Waals surface area contributed by atoms with E-state index in [1.807, 2.05) is 0 Å². The van der Waals surface area contributed by atoms with Crippen LogP contribution in [0.2, 0.25) is 5.02 Å². The van der Waals surface area contributed by atoms with Crippen molar-refractivity contribution in [2.75, 3.05) is 10.6 Å². The number of anilines is 2. The number of amides is 2. The van der Waals surface area contributed by atoms with Crippen molar-refractivity contribution >= 4 is 35.1 Å². The Morgan fingerprint density at radius 1 is 1.13 bits per heavy atom. The van der Waals surface area contributed by atoms with Gasteiger partial charge in [-0.15, -0.1) is 13.2 Å². The van der Waals surface area contributed by atoms with E-state index in [1.165, 1.54) is 17.8 Å². The molecule has 0 saturated heterocycles. The molecule has 0 bridgehead atoms. The van der Waals surface area contributed by atoms with Crippen LogP contribution in [0.1, 0.15) is 26.5 Å². The van der Waals surface area contributed by atoms with E-state index >= 15 is 0 Å². The Bertz CT molecular complexity index is 1140. The Kier molecular flexibility index (Phi) is 5.83. The van der Waals surface area contributed by atoms with Gasteiger partial charge in [0.15, 0.2) is 11.4 Å². The smallest absolute Gasteiger partial charge is 0.404 e. The minimum Gasteiger partial charge on any atom is -0.404 e. The summed E-state index contributed by atoms with van der Waals surface area (Å²) in [6, 6.07) is 3.27. The number of aryl methyl sites for hydroxylation is 3. The SMILES string of the molecule is Cc1cc(C(=O)Nc2c(OC(F)(F)F)ccc(C(=O)Nc3nnnn3C)c2Cl)nn1C. The fraction of sp³-hybridized carbons (Fsp3) is 0.250. The lowest BCUT2D eigenvalue weighted by atomic mass is 10.1. The lowest BCUT2D eigenvalue weighted by Gasteiger charge is -2.17. The van der Waals surface area contributed by atoms with E-state index in [-0.39, 0.29) is 17.2 Å². The Morgan fingerprint density at radius 3 is 2.39 bits per heavy atom. The minimum atomic E-state index is -5.07. The van der Waals surface area contributed by atoms with E-state index in [9.17, 15) is 22.8 Å². The zero-order valence-electron chi connectivity index (χ0n) is 16.2. The van der Waals surface area contributed by atoms with Gasteiger partial charge in [0.05, 0.1) is 10.6 Å². The van der Waals surface area contributed by atoms with E-state index < -0.39 is 34.6 Å². The van der Waals surface area contributed by atoms with Gasteiger partial charge in [-0.05, 0) is 35.5 Å². The number of rotatable bonds is 5. The third-order valence-corrected chi connectivity index (χ3v) is 4.40. The number of nitrogens with zero attached hydrogens (tertiary/aromatic N) is 6. The van der Waals surface area contributed by atoms with Gasteiger partial charge >= 0.3 is 6.36 Å². The number of tetrazole rings is 1. The summed E-state index contributed by atoms with van der Waals surface area (Å²) in [5.41, 5.74) is -0.259. The zero-order chi connectivity index (χ0) is 22.9. The van der Waals surface area contributed by atoms with Gasteiger partial charge in [0.25, 0.3) is 11.8 Å². The van der Waals surface area contributed by atoms with Crippen LogP contribution in [-0.2, 0) is 14.1 Å². The minimum absolute atomic E-state index is 0.0359. The van der Waals surface area contributed by atoms with Gasteiger partial charge in [0.2, 0.25) is 5.95 Å². The molecule has 2 heterocycles. The Labute approximate surface area is 177 Å². The molecule has 2 aromatic heterocycles. The van der Waals surface area contributed by atoms with E-state index in [4.69, 9.17) is 11.6 Å². The molecule has 0 aliphatic carbocycles. The first-order chi connectivity index (χ1) is 14.5. The molecule has 0 fully saturated rings. The molecule has 0 spiro atoms. The molecule has 1 aromatic carbocycles. The number of carbonyl (C=O) groups is 2. The van der Waals surface area contributed by atoms with Crippen LogP contribution in [0.5, 0.6) is 5.75 Å². The van der Waals surface area contributed by atoms with E-state index in [1.54, 1.807) is 14.0 Å². The van der Waals surface area contributed by atoms with Crippen molar-refractivity contribution in [3.8, 4) is 5.75 Å². The Hall–Kier alpha value is -3.68. The average Bonchev–Trinajstić information content (AvgIpc) is 3.22. The number of carbonyl (C=O) groups excluding carboxylic acids is 2. The van der Waals surface area contributed by atoms with Crippen LogP contribution in [0.15, 0.2) is 18.2 Å². The van der Waals surface area contributed by atoms with Crippen LogP contribution in [0.4, 0.5) is 24.8 Å². The standard InChI is InChI=1S/C16H14ClF3N8O3/c1-7-6-9(24-27(7)2)14(30)21-12-10(31-16(18,19)20)5-4-8(11(12)17)13(29)22-15-23-25-26-28(15)3/h4-6H,1-3H3,(H,21,30)(H,22,23,26,29). The molecule has 0 atom stereocenters. The second-order valence-corrected chi connectivity index (χ2v) is 6.55. The molecule has 3 rings (SSSR count). The maximum atomic E-state index is 12.8. The average molecular weight is 459 g/mol. The molecule has 3 aromatic rings. The molecule has 0 aliphatic heterocycles. The highest BCUT2D eigenvalue weighted by atomic mass is 35.5. The highest BCUT2D eigenvalue weighted by Crippen LogP contribution is 2.38. The Balaban J connectivity index is 1.98. The summed E-state index contributed by atoms with van der Waals surface area (Å²) in [5, 5.41) is 18.5. The van der Waals surface area contributed by atoms with Gasteiger partial charge in [-0.2, -0.15) is 5.10 Å². The van der Waals surface area contributed by atoms with Crippen LogP contribution in [0.25, 0.3) is 0 Å². The summed E-state index contributed by atoms with van der Waals surface area (Å²) in [6.07, 6.45) is -5.07. The number of ether oxygens (including phenoxy) is 1. The predicted molar refractivity (Wildman–Crippen MR) is 101 cm³/mol. The van der Waals surface area contributed by atoms with Gasteiger partial charge in [-0.1, -0.05) is 16.7 Å². The first-order valence-electron chi connectivity index (χ1n) is 8.40. The molecule has 15 heteroatoms. The van der Waals surface area contributed by atoms with E-state index in [2.05, 4.69) is 36.0 Å². The van der Waals surface area contributed by atoms with Crippen LogP contribution in [0, 0.1) is 6.92 Å². The molecule has 0 aliphatic rings. The number of benzene rings is 1. The Morgan fingerprint density at radius 2 is 1.84 bits per heavy atom. The van der Waals surface area contributed by atoms with Gasteiger partial charge in [0, 0.05) is 19.8 Å². The fourth-order valence-electron chi connectivity index (χ4n) is 2.41. The summed E-state index contributed by atoms with van der Waals surface area (Å²) < 4.78 is 45.0. The summed E-state index contributed by atoms with van der Waals surface area (Å²) in [4.78, 5) is 25.1. The lowest BCUT2D eigenvalue weighted by Crippen LogP contribution is -2.21. The number of aromatic nitrogens is 6. The van der Waals surface area contributed by atoms with Crippen LogP contribution in [0.3, 0.4) is 0 Å². The largest absolute Gasteiger partial charge is 0.573 e. The topological polar surface area (TPSA) is 129 Å². The molecule has 2 N–H and O–H groups in total. The van der Waals surface area contributed by atoms with E-state index in [0.29, 0.717) is 5.69 Å². The summed E-state index contributed by atoms with van der Waals surface area (Å²) in [5.74, 6) is -2.53. The maximum absolute atomic E-state index is 12.8. The number of hydrogen-bond acceptors (Lipinski definition) is 7. The third-order valence-electron chi connectivity index (χ3n) is 4.00. The monoisotopic (exact) mass is 458 g/mol. The second-order valence-electron chi connectivity index (χ2n) is 6.18.